The van der Waals surface area contributed by atoms with Gasteiger partial charge in [-0.3, -0.25) is 19.7 Å². The van der Waals surface area contributed by atoms with Crippen molar-refractivity contribution in [2.75, 3.05) is 13.7 Å². The highest BCUT2D eigenvalue weighted by Crippen LogP contribution is 2.35. The average molecular weight is 375 g/mol. The topological polar surface area (TPSA) is 111 Å². The van der Waals surface area contributed by atoms with E-state index in [1.807, 2.05) is 0 Å². The minimum Gasteiger partial charge on any atom is -0.384 e. The highest BCUT2D eigenvalue weighted by Gasteiger charge is 2.41. The number of ether oxygens (including phenoxy) is 1. The molecule has 146 valence electrons. The minimum atomic E-state index is -0.481. The van der Waals surface area contributed by atoms with Gasteiger partial charge >= 0.3 is 0 Å². The average Bonchev–Trinajstić information content (AvgIpc) is 2.61. The fourth-order valence-corrected chi connectivity index (χ4v) is 4.44. The Balaban J connectivity index is 1.68. The largest absolute Gasteiger partial charge is 0.384 e. The van der Waals surface area contributed by atoms with Gasteiger partial charge in [-0.05, 0) is 44.1 Å². The second-order valence-electron chi connectivity index (χ2n) is 7.45. The molecule has 3 rings (SSSR count). The van der Waals surface area contributed by atoms with Crippen molar-refractivity contribution in [3.8, 4) is 0 Å². The van der Waals surface area contributed by atoms with Crippen molar-refractivity contribution in [3.63, 3.8) is 0 Å². The number of hydrogen-bond donors (Lipinski definition) is 2. The first-order valence-corrected chi connectivity index (χ1v) is 9.24. The summed E-state index contributed by atoms with van der Waals surface area (Å²) in [4.78, 5) is 35.2. The van der Waals surface area contributed by atoms with E-state index in [1.54, 1.807) is 20.1 Å². The Labute approximate surface area is 157 Å². The van der Waals surface area contributed by atoms with Gasteiger partial charge in [0.1, 0.15) is 0 Å². The van der Waals surface area contributed by atoms with E-state index in [4.69, 9.17) is 4.74 Å². The van der Waals surface area contributed by atoms with Crippen LogP contribution in [-0.4, -0.2) is 42.5 Å². The van der Waals surface area contributed by atoms with Crippen LogP contribution in [0.2, 0.25) is 0 Å². The zero-order valence-electron chi connectivity index (χ0n) is 15.6. The first-order valence-electron chi connectivity index (χ1n) is 9.24. The van der Waals surface area contributed by atoms with Crippen molar-refractivity contribution in [1.82, 2.24) is 10.6 Å². The molecule has 0 aromatic heterocycles. The summed E-state index contributed by atoms with van der Waals surface area (Å²) >= 11 is 0. The van der Waals surface area contributed by atoms with Gasteiger partial charge in [0, 0.05) is 49.4 Å². The molecule has 8 heteroatoms. The number of methoxy groups -OCH3 is 1. The minimum absolute atomic E-state index is 0.0247. The van der Waals surface area contributed by atoms with E-state index in [2.05, 4.69) is 10.6 Å². The van der Waals surface area contributed by atoms with Gasteiger partial charge in [0.05, 0.1) is 4.92 Å². The number of hydrogen-bond acceptors (Lipinski definition) is 5. The van der Waals surface area contributed by atoms with Crippen molar-refractivity contribution < 1.29 is 19.2 Å². The highest BCUT2D eigenvalue weighted by atomic mass is 16.6. The van der Waals surface area contributed by atoms with Crippen LogP contribution in [0.4, 0.5) is 5.69 Å². The number of piperidine rings is 1. The molecule has 1 saturated carbocycles. The van der Waals surface area contributed by atoms with Crippen LogP contribution < -0.4 is 10.6 Å². The first-order chi connectivity index (χ1) is 12.9. The van der Waals surface area contributed by atoms with Gasteiger partial charge in [-0.2, -0.15) is 0 Å². The molecule has 1 aliphatic heterocycles. The second kappa shape index (κ2) is 8.04. The third-order valence-corrected chi connectivity index (χ3v) is 5.77. The first kappa shape index (κ1) is 19.3. The fraction of sp³-hybridized carbons (Fsp3) is 0.579. The molecule has 2 aliphatic rings. The molecule has 2 fully saturated rings. The maximum absolute atomic E-state index is 12.7. The maximum atomic E-state index is 12.7. The van der Waals surface area contributed by atoms with E-state index in [0.29, 0.717) is 36.5 Å². The summed E-state index contributed by atoms with van der Waals surface area (Å²) in [6.45, 7) is 2.15. The maximum Gasteiger partial charge on any atom is 0.273 e. The lowest BCUT2D eigenvalue weighted by molar-refractivity contribution is -0.385. The Bertz CT molecular complexity index is 751. The number of carbonyl (C=O) groups is 2. The molecular weight excluding hydrogens is 350 g/mol. The molecule has 1 aromatic rings. The van der Waals surface area contributed by atoms with E-state index in [1.165, 1.54) is 12.1 Å². The van der Waals surface area contributed by atoms with Crippen LogP contribution in [0.15, 0.2) is 18.2 Å². The van der Waals surface area contributed by atoms with E-state index >= 15 is 0 Å². The van der Waals surface area contributed by atoms with Crippen molar-refractivity contribution in [2.45, 2.75) is 44.7 Å². The van der Waals surface area contributed by atoms with Gasteiger partial charge < -0.3 is 15.4 Å². The van der Waals surface area contributed by atoms with Crippen LogP contribution in [-0.2, 0) is 9.53 Å². The van der Waals surface area contributed by atoms with E-state index in [0.717, 1.165) is 12.8 Å². The van der Waals surface area contributed by atoms with E-state index in [9.17, 15) is 19.7 Å². The zero-order valence-corrected chi connectivity index (χ0v) is 15.6. The quantitative estimate of drug-likeness (QED) is 0.604. The summed E-state index contributed by atoms with van der Waals surface area (Å²) in [5, 5.41) is 17.1. The fourth-order valence-electron chi connectivity index (χ4n) is 4.44. The normalized spacial score (nSPS) is 27.4. The Morgan fingerprint density at radius 1 is 1.41 bits per heavy atom. The number of amides is 2. The van der Waals surface area contributed by atoms with Gasteiger partial charge in [-0.25, -0.2) is 0 Å². The molecule has 2 N–H and O–H groups in total. The standard InChI is InChI=1S/C19H25N3O5/c1-11-14(4-3-5-17(11)22(25)26)19(24)20-13-6-7-15-12(10-27-2)8-18(23)21-16(15)9-13/h3-5,12-13,15-16H,6-10H2,1-2H3,(H,20,24)(H,21,23). The lowest BCUT2D eigenvalue weighted by Gasteiger charge is -2.43. The number of carbonyl (C=O) groups excluding carboxylic acids is 2. The summed E-state index contributed by atoms with van der Waals surface area (Å²) in [6, 6.07) is 4.47. The summed E-state index contributed by atoms with van der Waals surface area (Å²) in [5.74, 6) is 0.287. The van der Waals surface area contributed by atoms with Gasteiger partial charge in [0.25, 0.3) is 11.6 Å². The molecule has 1 saturated heterocycles. The second-order valence-corrected chi connectivity index (χ2v) is 7.45. The van der Waals surface area contributed by atoms with Crippen molar-refractivity contribution in [1.29, 1.82) is 0 Å². The van der Waals surface area contributed by atoms with Gasteiger partial charge in [-0.1, -0.05) is 6.07 Å². The lowest BCUT2D eigenvalue weighted by atomic mass is 9.71. The van der Waals surface area contributed by atoms with Crippen LogP contribution in [0.3, 0.4) is 0 Å². The third-order valence-electron chi connectivity index (χ3n) is 5.77. The van der Waals surface area contributed by atoms with Crippen molar-refractivity contribution >= 4 is 17.5 Å². The van der Waals surface area contributed by atoms with Crippen LogP contribution in [0.1, 0.15) is 41.6 Å². The molecule has 27 heavy (non-hydrogen) atoms. The highest BCUT2D eigenvalue weighted by molar-refractivity contribution is 5.96. The van der Waals surface area contributed by atoms with E-state index < -0.39 is 4.92 Å². The Hall–Kier alpha value is -2.48. The molecule has 2 amide bonds. The molecule has 0 spiro atoms. The predicted octanol–water partition coefficient (Wildman–Crippen LogP) is 1.95. The van der Waals surface area contributed by atoms with E-state index in [-0.39, 0.29) is 35.5 Å². The van der Waals surface area contributed by atoms with Crippen LogP contribution in [0.5, 0.6) is 0 Å². The molecule has 0 radical (unpaired) electrons. The molecular formula is C19H25N3O5. The molecule has 8 nitrogen and oxygen atoms in total. The smallest absolute Gasteiger partial charge is 0.273 e. The number of rotatable bonds is 5. The Kier molecular flexibility index (Phi) is 5.74. The number of nitro benzene ring substituents is 1. The summed E-state index contributed by atoms with van der Waals surface area (Å²) in [6.07, 6.45) is 2.87. The van der Waals surface area contributed by atoms with Gasteiger partial charge in [0.2, 0.25) is 5.91 Å². The monoisotopic (exact) mass is 375 g/mol. The number of nitrogens with zero attached hydrogens (tertiary/aromatic N) is 1. The molecule has 1 aliphatic carbocycles. The Morgan fingerprint density at radius 3 is 2.89 bits per heavy atom. The molecule has 1 heterocycles. The number of nitro groups is 1. The van der Waals surface area contributed by atoms with Crippen molar-refractivity contribution in [3.05, 3.63) is 39.4 Å². The lowest BCUT2D eigenvalue weighted by Crippen LogP contribution is -2.56. The molecule has 0 bridgehead atoms. The van der Waals surface area contributed by atoms with Crippen LogP contribution >= 0.6 is 0 Å². The molecule has 4 unspecified atom stereocenters. The predicted molar refractivity (Wildman–Crippen MR) is 98.3 cm³/mol. The van der Waals surface area contributed by atoms with Crippen LogP contribution in [0.25, 0.3) is 0 Å². The SMILES string of the molecule is COCC1CC(=O)NC2CC(NC(=O)c3cccc([N+](=O)[O-])c3C)CCC12. The summed E-state index contributed by atoms with van der Waals surface area (Å²) in [5.41, 5.74) is 0.615. The van der Waals surface area contributed by atoms with Gasteiger partial charge in [0.15, 0.2) is 0 Å². The third kappa shape index (κ3) is 4.10. The van der Waals surface area contributed by atoms with Gasteiger partial charge in [-0.15, -0.1) is 0 Å². The van der Waals surface area contributed by atoms with Crippen LogP contribution in [0, 0.1) is 28.9 Å². The number of fused-ring (bicyclic) bond motifs is 1. The zero-order chi connectivity index (χ0) is 19.6. The number of nitrogens with one attached hydrogen (secondary N) is 2. The molecule has 4 atom stereocenters. The molecule has 1 aromatic carbocycles. The number of benzene rings is 1. The Morgan fingerprint density at radius 2 is 2.19 bits per heavy atom. The summed E-state index contributed by atoms with van der Waals surface area (Å²) in [7, 11) is 1.65. The van der Waals surface area contributed by atoms with Crippen molar-refractivity contribution in [2.24, 2.45) is 11.8 Å². The summed E-state index contributed by atoms with van der Waals surface area (Å²) < 4.78 is 5.27.